The zero-order valence-electron chi connectivity index (χ0n) is 15.9. The second kappa shape index (κ2) is 8.93. The van der Waals surface area contributed by atoms with E-state index in [1.807, 2.05) is 0 Å². The van der Waals surface area contributed by atoms with Gasteiger partial charge in [-0.05, 0) is 56.5 Å². The van der Waals surface area contributed by atoms with Gasteiger partial charge in [0, 0.05) is 48.3 Å². The highest BCUT2D eigenvalue weighted by Crippen LogP contribution is 2.35. The molecule has 1 saturated heterocycles. The maximum atomic E-state index is 13.3. The molecule has 1 aromatic rings. The molecule has 1 heterocycles. The number of alkyl halides is 2. The number of benzene rings is 1. The lowest BCUT2D eigenvalue weighted by Gasteiger charge is -2.35. The number of hydrogen-bond acceptors (Lipinski definition) is 4. The van der Waals surface area contributed by atoms with Crippen LogP contribution in [0.15, 0.2) is 30.1 Å². The summed E-state index contributed by atoms with van der Waals surface area (Å²) in [6.07, 6.45) is 4.02. The predicted molar refractivity (Wildman–Crippen MR) is 105 cm³/mol. The van der Waals surface area contributed by atoms with Crippen LogP contribution in [0, 0.1) is 11.7 Å². The number of hydrazine groups is 1. The molecule has 156 valence electrons. The number of halogens is 4. The smallest absolute Gasteiger partial charge is 0.248 e. The fraction of sp³-hybridized carbons (Fsp3) is 0.600. The minimum Gasteiger partial charge on any atom is -0.401 e. The minimum absolute atomic E-state index is 0.0844. The van der Waals surface area contributed by atoms with Crippen LogP contribution < -0.4 is 11.6 Å². The quantitative estimate of drug-likeness (QED) is 0.556. The van der Waals surface area contributed by atoms with E-state index in [1.54, 1.807) is 12.3 Å². The second-order valence-corrected chi connectivity index (χ2v) is 8.36. The molecule has 0 bridgehead atoms. The Labute approximate surface area is 169 Å². The van der Waals surface area contributed by atoms with E-state index in [9.17, 15) is 13.2 Å². The van der Waals surface area contributed by atoms with Crippen LogP contribution in [0.1, 0.15) is 44.1 Å². The minimum atomic E-state index is -2.56. The van der Waals surface area contributed by atoms with Gasteiger partial charge in [0.15, 0.2) is 0 Å². The number of piperidine rings is 1. The van der Waals surface area contributed by atoms with Crippen molar-refractivity contribution in [1.82, 2.24) is 9.91 Å². The van der Waals surface area contributed by atoms with Crippen molar-refractivity contribution in [2.45, 2.75) is 57.0 Å². The molecule has 0 amide bonds. The van der Waals surface area contributed by atoms with Crippen molar-refractivity contribution in [2.24, 2.45) is 17.5 Å². The number of nitrogens with two attached hydrogens (primary N) is 2. The molecule has 0 spiro atoms. The molecule has 1 aromatic carbocycles. The van der Waals surface area contributed by atoms with Gasteiger partial charge in [0.25, 0.3) is 0 Å². The van der Waals surface area contributed by atoms with E-state index in [2.05, 4.69) is 4.90 Å². The summed E-state index contributed by atoms with van der Waals surface area (Å²) in [6.45, 7) is 2.38. The van der Waals surface area contributed by atoms with Crippen LogP contribution in [0.3, 0.4) is 0 Å². The zero-order chi connectivity index (χ0) is 20.3. The molecule has 1 aliphatic carbocycles. The second-order valence-electron chi connectivity index (χ2n) is 7.95. The highest BCUT2D eigenvalue weighted by Gasteiger charge is 2.36. The van der Waals surface area contributed by atoms with Crippen molar-refractivity contribution in [3.63, 3.8) is 0 Å². The van der Waals surface area contributed by atoms with Crippen molar-refractivity contribution >= 4 is 11.6 Å². The molecule has 0 unspecified atom stereocenters. The first-order valence-corrected chi connectivity index (χ1v) is 10.2. The Balaban J connectivity index is 1.49. The van der Waals surface area contributed by atoms with Gasteiger partial charge in [0.2, 0.25) is 5.92 Å². The maximum Gasteiger partial charge on any atom is 0.248 e. The summed E-state index contributed by atoms with van der Waals surface area (Å²) in [5, 5.41) is 1.97. The Morgan fingerprint density at radius 1 is 1.21 bits per heavy atom. The summed E-state index contributed by atoms with van der Waals surface area (Å²) >= 11 is 6.11. The molecule has 1 aliphatic heterocycles. The summed E-state index contributed by atoms with van der Waals surface area (Å²) in [5.41, 5.74) is 7.88. The Morgan fingerprint density at radius 3 is 2.46 bits per heavy atom. The van der Waals surface area contributed by atoms with Crippen molar-refractivity contribution in [1.29, 1.82) is 0 Å². The number of hydrogen-bond donors (Lipinski definition) is 2. The van der Waals surface area contributed by atoms with Crippen LogP contribution in [0.2, 0.25) is 5.02 Å². The average Bonchev–Trinajstić information content (AvgIpc) is 2.64. The molecular formula is C20H28ClF3N4. The van der Waals surface area contributed by atoms with Crippen LogP contribution in [-0.4, -0.2) is 35.0 Å². The highest BCUT2D eigenvalue weighted by molar-refractivity contribution is 6.31. The van der Waals surface area contributed by atoms with E-state index in [-0.39, 0.29) is 30.6 Å². The van der Waals surface area contributed by atoms with Gasteiger partial charge >= 0.3 is 0 Å². The normalized spacial score (nSPS) is 22.4. The SMILES string of the molecule is N/C(=C\N(N)C1CCC(F)(F)CC1)C1CCN(Cc2ccc(F)cc2Cl)CC1. The molecule has 8 heteroatoms. The highest BCUT2D eigenvalue weighted by atomic mass is 35.5. The third-order valence-corrected chi connectivity index (χ3v) is 6.23. The summed E-state index contributed by atoms with van der Waals surface area (Å²) in [6, 6.07) is 4.39. The van der Waals surface area contributed by atoms with Crippen LogP contribution in [0.4, 0.5) is 13.2 Å². The summed E-state index contributed by atoms with van der Waals surface area (Å²) in [7, 11) is 0. The van der Waals surface area contributed by atoms with Crippen molar-refractivity contribution in [3.05, 3.63) is 46.5 Å². The van der Waals surface area contributed by atoms with Gasteiger partial charge in [-0.2, -0.15) is 0 Å². The van der Waals surface area contributed by atoms with E-state index >= 15 is 0 Å². The molecule has 2 aliphatic rings. The summed E-state index contributed by atoms with van der Waals surface area (Å²) in [4.78, 5) is 2.27. The third kappa shape index (κ3) is 5.55. The molecule has 2 fully saturated rings. The first-order valence-electron chi connectivity index (χ1n) is 9.78. The molecule has 3 rings (SSSR count). The number of allylic oxidation sites excluding steroid dienone is 1. The Morgan fingerprint density at radius 2 is 1.86 bits per heavy atom. The van der Waals surface area contributed by atoms with Crippen LogP contribution in [-0.2, 0) is 6.54 Å². The Hall–Kier alpha value is -1.44. The first-order chi connectivity index (χ1) is 13.2. The fourth-order valence-electron chi connectivity index (χ4n) is 4.02. The lowest BCUT2D eigenvalue weighted by atomic mass is 9.91. The van der Waals surface area contributed by atoms with E-state index in [0.29, 0.717) is 30.1 Å². The Kier molecular flexibility index (Phi) is 6.78. The van der Waals surface area contributed by atoms with Gasteiger partial charge in [-0.25, -0.2) is 19.0 Å². The number of rotatable bonds is 5. The van der Waals surface area contributed by atoms with Gasteiger partial charge in [0.05, 0.1) is 0 Å². The fourth-order valence-corrected chi connectivity index (χ4v) is 4.25. The van der Waals surface area contributed by atoms with Gasteiger partial charge < -0.3 is 10.7 Å². The molecular weight excluding hydrogens is 389 g/mol. The Bertz CT molecular complexity index is 695. The molecule has 0 aromatic heterocycles. The van der Waals surface area contributed by atoms with Crippen molar-refractivity contribution in [3.8, 4) is 0 Å². The van der Waals surface area contributed by atoms with Gasteiger partial charge in [-0.15, -0.1) is 0 Å². The van der Waals surface area contributed by atoms with E-state index in [1.165, 1.54) is 17.1 Å². The van der Waals surface area contributed by atoms with Crippen LogP contribution >= 0.6 is 11.6 Å². The molecule has 28 heavy (non-hydrogen) atoms. The van der Waals surface area contributed by atoms with Crippen molar-refractivity contribution in [2.75, 3.05) is 13.1 Å². The van der Waals surface area contributed by atoms with Gasteiger partial charge in [-0.3, -0.25) is 4.90 Å². The van der Waals surface area contributed by atoms with Gasteiger partial charge in [0.1, 0.15) is 5.82 Å². The lowest BCUT2D eigenvalue weighted by Crippen LogP contribution is -2.43. The van der Waals surface area contributed by atoms with E-state index in [4.69, 9.17) is 23.2 Å². The topological polar surface area (TPSA) is 58.5 Å². The monoisotopic (exact) mass is 416 g/mol. The summed E-state index contributed by atoms with van der Waals surface area (Å²) < 4.78 is 39.8. The number of likely N-dealkylation sites (tertiary alicyclic amines) is 1. The van der Waals surface area contributed by atoms with Crippen LogP contribution in [0.5, 0.6) is 0 Å². The molecule has 4 nitrogen and oxygen atoms in total. The first kappa shape index (κ1) is 21.3. The standard InChI is InChI=1S/C20H28ClF3N4/c21-18-11-16(22)2-1-15(18)12-27-9-5-14(6-10-27)19(25)13-28(26)17-3-7-20(23,24)8-4-17/h1-2,11,13-14,17H,3-10,12,25-26H2/b19-13-. The van der Waals surface area contributed by atoms with Gasteiger partial charge in [-0.1, -0.05) is 17.7 Å². The van der Waals surface area contributed by atoms with E-state index in [0.717, 1.165) is 31.5 Å². The summed E-state index contributed by atoms with van der Waals surface area (Å²) in [5.74, 6) is 3.40. The largest absolute Gasteiger partial charge is 0.401 e. The maximum absolute atomic E-state index is 13.3. The predicted octanol–water partition coefficient (Wildman–Crippen LogP) is 4.24. The van der Waals surface area contributed by atoms with Crippen LogP contribution in [0.25, 0.3) is 0 Å². The molecule has 1 saturated carbocycles. The molecule has 0 atom stereocenters. The van der Waals surface area contributed by atoms with E-state index < -0.39 is 5.92 Å². The third-order valence-electron chi connectivity index (χ3n) is 5.87. The zero-order valence-corrected chi connectivity index (χ0v) is 16.6. The average molecular weight is 417 g/mol. The molecule has 4 N–H and O–H groups in total. The number of nitrogens with zero attached hydrogens (tertiary/aromatic N) is 2. The molecule has 0 radical (unpaired) electrons. The lowest BCUT2D eigenvalue weighted by molar-refractivity contribution is -0.0495. The van der Waals surface area contributed by atoms with Crippen molar-refractivity contribution < 1.29 is 13.2 Å².